The molecule has 2 fully saturated rings. The second kappa shape index (κ2) is 11.5. The van der Waals surface area contributed by atoms with Crippen LogP contribution in [0.2, 0.25) is 0 Å². The lowest BCUT2D eigenvalue weighted by Gasteiger charge is -2.33. The van der Waals surface area contributed by atoms with E-state index < -0.39 is 24.3 Å². The number of halogens is 2. The molecular weight excluding hydrogens is 460 g/mol. The van der Waals surface area contributed by atoms with Gasteiger partial charge in [-0.1, -0.05) is 0 Å². The molecule has 1 aromatic carbocycles. The van der Waals surface area contributed by atoms with Gasteiger partial charge in [0.25, 0.3) is 0 Å². The molecule has 1 atom stereocenters. The molecule has 0 saturated carbocycles. The smallest absolute Gasteiger partial charge is 0.172 e. The lowest BCUT2D eigenvalue weighted by Crippen LogP contribution is -2.39. The molecule has 0 amide bonds. The molecule has 4 N–H and O–H groups in total. The molecular formula is C24H29F2N5O4. The zero-order valence-corrected chi connectivity index (χ0v) is 19.2. The first-order chi connectivity index (χ1) is 16.9. The zero-order chi connectivity index (χ0) is 24.8. The van der Waals surface area contributed by atoms with Crippen LogP contribution in [-0.2, 0) is 4.74 Å². The van der Waals surface area contributed by atoms with Crippen LogP contribution in [0.5, 0.6) is 5.75 Å². The number of anilines is 2. The lowest BCUT2D eigenvalue weighted by molar-refractivity contribution is 0.0924. The van der Waals surface area contributed by atoms with Gasteiger partial charge in [0.1, 0.15) is 23.5 Å². The fourth-order valence-corrected chi connectivity index (χ4v) is 3.93. The molecule has 9 nitrogen and oxygen atoms in total. The molecule has 1 unspecified atom stereocenters. The second-order valence-electron chi connectivity index (χ2n) is 8.43. The number of benzene rings is 1. The van der Waals surface area contributed by atoms with Crippen molar-refractivity contribution in [2.45, 2.75) is 37.9 Å². The number of hydrogen-bond acceptors (Lipinski definition) is 9. The molecule has 0 spiro atoms. The van der Waals surface area contributed by atoms with Gasteiger partial charge in [0, 0.05) is 45.2 Å². The van der Waals surface area contributed by atoms with Crippen LogP contribution in [0.4, 0.5) is 20.4 Å². The number of rotatable bonds is 5. The van der Waals surface area contributed by atoms with Crippen molar-refractivity contribution in [2.24, 2.45) is 0 Å². The molecule has 11 heteroatoms. The molecule has 0 radical (unpaired) electrons. The van der Waals surface area contributed by atoms with Crippen LogP contribution >= 0.6 is 0 Å². The summed E-state index contributed by atoms with van der Waals surface area (Å²) in [5.41, 5.74) is 7.38. The fraction of sp³-hybridized carbons (Fsp3) is 0.458. The van der Waals surface area contributed by atoms with Crippen LogP contribution in [-0.4, -0.2) is 64.2 Å². The second-order valence-corrected chi connectivity index (χ2v) is 8.43. The van der Waals surface area contributed by atoms with Crippen molar-refractivity contribution in [1.29, 1.82) is 0 Å². The number of nitrogens with zero attached hydrogens (tertiary/aromatic N) is 4. The average molecular weight is 490 g/mol. The van der Waals surface area contributed by atoms with Gasteiger partial charge in [-0.3, -0.25) is 4.98 Å². The Morgan fingerprint density at radius 1 is 1.11 bits per heavy atom. The van der Waals surface area contributed by atoms with Crippen molar-refractivity contribution < 1.29 is 28.5 Å². The summed E-state index contributed by atoms with van der Waals surface area (Å²) < 4.78 is 37.5. The Labute approximate surface area is 201 Å². The number of aliphatic hydroxyl groups is 2. The Morgan fingerprint density at radius 3 is 2.49 bits per heavy atom. The van der Waals surface area contributed by atoms with Crippen LogP contribution in [0.15, 0.2) is 30.5 Å². The Kier molecular flexibility index (Phi) is 8.21. The Bertz CT molecular complexity index is 1130. The molecule has 3 aromatic rings. The number of aromatic nitrogens is 3. The van der Waals surface area contributed by atoms with Crippen molar-refractivity contribution in [3.05, 3.63) is 47.8 Å². The monoisotopic (exact) mass is 489 g/mol. The van der Waals surface area contributed by atoms with Gasteiger partial charge in [-0.15, -0.1) is 0 Å². The van der Waals surface area contributed by atoms with E-state index in [9.17, 15) is 13.9 Å². The van der Waals surface area contributed by atoms with Crippen LogP contribution in [0, 0.1) is 11.6 Å². The van der Waals surface area contributed by atoms with Gasteiger partial charge in [0.15, 0.2) is 23.2 Å². The lowest BCUT2D eigenvalue weighted by atomic mass is 10.1. The maximum absolute atomic E-state index is 13.8. The minimum Gasteiger partial charge on any atom is -0.487 e. The number of nitrogens with two attached hydrogens (primary N) is 1. The molecule has 2 aliphatic rings. The molecule has 2 aromatic heterocycles. The van der Waals surface area contributed by atoms with Gasteiger partial charge in [-0.2, -0.15) is 0 Å². The van der Waals surface area contributed by atoms with E-state index in [1.54, 1.807) is 6.07 Å². The molecule has 2 saturated heterocycles. The Morgan fingerprint density at radius 2 is 1.86 bits per heavy atom. The third-order valence-electron chi connectivity index (χ3n) is 5.85. The van der Waals surface area contributed by atoms with Crippen molar-refractivity contribution >= 4 is 22.7 Å². The minimum atomic E-state index is -1.10. The first kappa shape index (κ1) is 25.0. The third kappa shape index (κ3) is 6.30. The average Bonchev–Trinajstić information content (AvgIpc) is 3.45. The van der Waals surface area contributed by atoms with Crippen molar-refractivity contribution in [2.75, 3.05) is 43.5 Å². The first-order valence-corrected chi connectivity index (χ1v) is 11.6. The minimum absolute atomic E-state index is 0.0341. The van der Waals surface area contributed by atoms with Crippen molar-refractivity contribution in [3.8, 4) is 5.75 Å². The summed E-state index contributed by atoms with van der Waals surface area (Å²) in [6, 6.07) is 4.80. The Hall–Kier alpha value is -3.15. The zero-order valence-electron chi connectivity index (χ0n) is 19.2. The molecule has 188 valence electrons. The maximum Gasteiger partial charge on any atom is 0.172 e. The van der Waals surface area contributed by atoms with Crippen LogP contribution in [0.3, 0.4) is 0 Å². The molecule has 0 aliphatic carbocycles. The maximum atomic E-state index is 13.8. The fourth-order valence-electron chi connectivity index (χ4n) is 3.93. The van der Waals surface area contributed by atoms with Gasteiger partial charge >= 0.3 is 0 Å². The summed E-state index contributed by atoms with van der Waals surface area (Å²) >= 11 is 0. The first-order valence-electron chi connectivity index (χ1n) is 11.6. The van der Waals surface area contributed by atoms with Gasteiger partial charge in [-0.05, 0) is 31.0 Å². The van der Waals surface area contributed by atoms with Crippen LogP contribution < -0.4 is 15.4 Å². The third-order valence-corrected chi connectivity index (χ3v) is 5.85. The normalized spacial score (nSPS) is 17.2. The van der Waals surface area contributed by atoms with Gasteiger partial charge < -0.3 is 30.3 Å². The SMILES string of the molecule is C1CCOC1.Nc1nc2cc(C(O)CO)ncc2nc1N1CCC(Oc2ccc(F)cc2F)CC1. The summed E-state index contributed by atoms with van der Waals surface area (Å²) in [7, 11) is 0. The number of fused-ring (bicyclic) bond motifs is 1. The number of hydrogen-bond donors (Lipinski definition) is 3. The van der Waals surface area contributed by atoms with Gasteiger partial charge in [0.2, 0.25) is 0 Å². The van der Waals surface area contributed by atoms with Crippen molar-refractivity contribution in [1.82, 2.24) is 15.0 Å². The molecule has 5 rings (SSSR count). The van der Waals surface area contributed by atoms with E-state index in [-0.39, 0.29) is 23.4 Å². The molecule has 4 heterocycles. The highest BCUT2D eigenvalue weighted by atomic mass is 19.1. The predicted molar refractivity (Wildman–Crippen MR) is 126 cm³/mol. The molecule has 35 heavy (non-hydrogen) atoms. The highest BCUT2D eigenvalue weighted by Gasteiger charge is 2.25. The summed E-state index contributed by atoms with van der Waals surface area (Å²) in [4.78, 5) is 15.0. The van der Waals surface area contributed by atoms with E-state index >= 15 is 0 Å². The van der Waals surface area contributed by atoms with Gasteiger partial charge in [0.05, 0.1) is 24.0 Å². The van der Waals surface area contributed by atoms with Crippen LogP contribution in [0.1, 0.15) is 37.5 Å². The molecule has 2 aliphatic heterocycles. The summed E-state index contributed by atoms with van der Waals surface area (Å²) in [6.07, 6.45) is 3.94. The van der Waals surface area contributed by atoms with Crippen molar-refractivity contribution in [3.63, 3.8) is 0 Å². The number of piperidine rings is 1. The van der Waals surface area contributed by atoms with E-state index in [0.29, 0.717) is 42.8 Å². The quantitative estimate of drug-likeness (QED) is 0.496. The molecule has 0 bridgehead atoms. The van der Waals surface area contributed by atoms with E-state index in [0.717, 1.165) is 25.3 Å². The Balaban J connectivity index is 0.000000514. The van der Waals surface area contributed by atoms with E-state index in [1.165, 1.54) is 25.1 Å². The standard InChI is InChI=1S/C20H21F2N5O3.C4H8O/c21-11-1-2-18(13(22)7-11)30-12-3-5-27(6-4-12)20-19(23)25-14-8-15(17(29)10-28)24-9-16(14)26-20;1-2-4-5-3-1/h1-2,7-9,12,17,28-29H,3-6,10H2,(H2,23,25);1-4H2. The highest BCUT2D eigenvalue weighted by Crippen LogP contribution is 2.28. The topological polar surface area (TPSA) is 127 Å². The summed E-state index contributed by atoms with van der Waals surface area (Å²) in [5.74, 6) is -0.576. The predicted octanol–water partition coefficient (Wildman–Crippen LogP) is 2.76. The number of ether oxygens (including phenoxy) is 2. The summed E-state index contributed by atoms with van der Waals surface area (Å²) in [5, 5.41) is 18.8. The summed E-state index contributed by atoms with van der Waals surface area (Å²) in [6.45, 7) is 2.71. The van der Waals surface area contributed by atoms with E-state index in [1.807, 2.05) is 4.90 Å². The number of nitrogen functional groups attached to an aromatic ring is 1. The highest BCUT2D eigenvalue weighted by molar-refractivity contribution is 5.79. The number of aliphatic hydroxyl groups excluding tert-OH is 2. The van der Waals surface area contributed by atoms with E-state index in [4.69, 9.17) is 20.3 Å². The van der Waals surface area contributed by atoms with Gasteiger partial charge in [-0.25, -0.2) is 18.7 Å². The number of pyridine rings is 1. The van der Waals surface area contributed by atoms with Crippen LogP contribution in [0.25, 0.3) is 11.0 Å². The van der Waals surface area contributed by atoms with E-state index in [2.05, 4.69) is 15.0 Å². The largest absolute Gasteiger partial charge is 0.487 e.